The van der Waals surface area contributed by atoms with Crippen molar-refractivity contribution in [3.05, 3.63) is 57.0 Å². The second kappa shape index (κ2) is 4.61. The van der Waals surface area contributed by atoms with Crippen molar-refractivity contribution in [1.82, 2.24) is 0 Å². The molecule has 1 spiro atoms. The molecule has 0 N–H and O–H groups in total. The van der Waals surface area contributed by atoms with Crippen molar-refractivity contribution >= 4 is 27.5 Å². The first kappa shape index (κ1) is 12.9. The number of hydrogen-bond donors (Lipinski definition) is 0. The molecule has 1 fully saturated rings. The zero-order valence-electron chi connectivity index (χ0n) is 11.3. The monoisotopic (exact) mass is 346 g/mol. The molecular formula is C18H16BrCl. The van der Waals surface area contributed by atoms with E-state index in [0.717, 1.165) is 5.02 Å². The van der Waals surface area contributed by atoms with E-state index in [4.69, 9.17) is 11.6 Å². The summed E-state index contributed by atoms with van der Waals surface area (Å²) in [7, 11) is 0. The molecule has 0 amide bonds. The summed E-state index contributed by atoms with van der Waals surface area (Å²) in [6, 6.07) is 13.2. The van der Waals surface area contributed by atoms with E-state index < -0.39 is 0 Å². The molecule has 102 valence electrons. The average Bonchev–Trinajstić information content (AvgIpc) is 2.70. The minimum atomic E-state index is 0.233. The van der Waals surface area contributed by atoms with Crippen molar-refractivity contribution < 1.29 is 0 Å². The maximum atomic E-state index is 6.24. The summed E-state index contributed by atoms with van der Waals surface area (Å²) in [4.78, 5) is 0. The second-order valence-corrected chi connectivity index (χ2v) is 7.37. The van der Waals surface area contributed by atoms with Gasteiger partial charge in [0.2, 0.25) is 0 Å². The first-order valence-electron chi connectivity index (χ1n) is 7.31. The third kappa shape index (κ3) is 1.72. The molecule has 1 saturated carbocycles. The van der Waals surface area contributed by atoms with E-state index in [1.807, 2.05) is 0 Å². The van der Waals surface area contributed by atoms with Gasteiger partial charge in [-0.2, -0.15) is 0 Å². The molecule has 0 unspecified atom stereocenters. The van der Waals surface area contributed by atoms with Crippen LogP contribution in [0, 0.1) is 0 Å². The summed E-state index contributed by atoms with van der Waals surface area (Å²) in [6.45, 7) is 0. The average molecular weight is 348 g/mol. The molecule has 2 aliphatic carbocycles. The van der Waals surface area contributed by atoms with Gasteiger partial charge in [0.05, 0.1) is 0 Å². The Labute approximate surface area is 133 Å². The van der Waals surface area contributed by atoms with Crippen LogP contribution in [0.1, 0.15) is 43.2 Å². The van der Waals surface area contributed by atoms with E-state index in [1.54, 1.807) is 0 Å². The minimum absolute atomic E-state index is 0.233. The van der Waals surface area contributed by atoms with Gasteiger partial charge in [-0.1, -0.05) is 58.9 Å². The van der Waals surface area contributed by atoms with Crippen molar-refractivity contribution in [1.29, 1.82) is 0 Å². The highest BCUT2D eigenvalue weighted by molar-refractivity contribution is 9.10. The molecule has 0 aliphatic heterocycles. The first-order chi connectivity index (χ1) is 9.71. The Kier molecular flexibility index (Phi) is 2.98. The van der Waals surface area contributed by atoms with Gasteiger partial charge >= 0.3 is 0 Å². The number of fused-ring (bicyclic) bond motifs is 5. The highest BCUT2D eigenvalue weighted by Gasteiger charge is 2.43. The largest absolute Gasteiger partial charge is 0.0843 e. The zero-order chi connectivity index (χ0) is 13.7. The van der Waals surface area contributed by atoms with Crippen LogP contribution in [0.2, 0.25) is 5.02 Å². The van der Waals surface area contributed by atoms with Crippen LogP contribution in [0.5, 0.6) is 0 Å². The molecule has 0 aromatic heterocycles. The van der Waals surface area contributed by atoms with Crippen LogP contribution in [-0.2, 0) is 5.41 Å². The lowest BCUT2D eigenvalue weighted by molar-refractivity contribution is 0.352. The third-order valence-electron chi connectivity index (χ3n) is 4.99. The lowest BCUT2D eigenvalue weighted by Gasteiger charge is -2.36. The van der Waals surface area contributed by atoms with Crippen molar-refractivity contribution in [2.45, 2.75) is 37.5 Å². The molecule has 0 atom stereocenters. The van der Waals surface area contributed by atoms with E-state index in [0.29, 0.717) is 0 Å². The van der Waals surface area contributed by atoms with Crippen molar-refractivity contribution in [3.8, 4) is 11.1 Å². The number of rotatable bonds is 0. The van der Waals surface area contributed by atoms with Crippen LogP contribution in [0.3, 0.4) is 0 Å². The summed E-state index contributed by atoms with van der Waals surface area (Å²) in [5, 5.41) is 0.838. The smallest absolute Gasteiger partial charge is 0.0412 e. The molecular weight excluding hydrogens is 332 g/mol. The summed E-state index contributed by atoms with van der Waals surface area (Å²) in [6.07, 6.45) is 6.56. The molecule has 2 aromatic carbocycles. The molecule has 2 aromatic rings. The Balaban J connectivity index is 2.03. The van der Waals surface area contributed by atoms with Gasteiger partial charge in [-0.25, -0.2) is 0 Å². The van der Waals surface area contributed by atoms with E-state index in [-0.39, 0.29) is 5.41 Å². The van der Waals surface area contributed by atoms with Gasteiger partial charge in [-0.15, -0.1) is 0 Å². The number of hydrogen-bond acceptors (Lipinski definition) is 0. The lowest BCUT2D eigenvalue weighted by atomic mass is 9.68. The summed E-state index contributed by atoms with van der Waals surface area (Å²) >= 11 is 9.89. The van der Waals surface area contributed by atoms with Gasteiger partial charge in [0.15, 0.2) is 0 Å². The lowest BCUT2D eigenvalue weighted by Crippen LogP contribution is -2.28. The summed E-state index contributed by atoms with van der Waals surface area (Å²) in [5.74, 6) is 0. The fraction of sp³-hybridized carbons (Fsp3) is 0.333. The Bertz CT molecular complexity index is 684. The summed E-state index contributed by atoms with van der Waals surface area (Å²) in [5.41, 5.74) is 5.96. The second-order valence-electron chi connectivity index (χ2n) is 6.02. The van der Waals surface area contributed by atoms with Gasteiger partial charge < -0.3 is 0 Å². The highest BCUT2D eigenvalue weighted by atomic mass is 79.9. The standard InChI is InChI=1S/C18H16BrCl/c19-12-4-6-14-15-11-13(20)5-7-16(15)18(17(14)10-12)8-2-1-3-9-18/h4-7,10-11H,1-3,8-9H2. The Hall–Kier alpha value is -0.790. The normalized spacial score (nSPS) is 18.9. The molecule has 2 heteroatoms. The predicted octanol–water partition coefficient (Wildman–Crippen LogP) is 6.33. The zero-order valence-corrected chi connectivity index (χ0v) is 13.6. The van der Waals surface area contributed by atoms with Crippen LogP contribution < -0.4 is 0 Å². The van der Waals surface area contributed by atoms with E-state index >= 15 is 0 Å². The van der Waals surface area contributed by atoms with E-state index in [1.165, 1.54) is 58.8 Å². The molecule has 20 heavy (non-hydrogen) atoms. The van der Waals surface area contributed by atoms with Gasteiger partial charge in [0.1, 0.15) is 0 Å². The Morgan fingerprint density at radius 1 is 0.850 bits per heavy atom. The van der Waals surface area contributed by atoms with Gasteiger partial charge in [0.25, 0.3) is 0 Å². The fourth-order valence-corrected chi connectivity index (χ4v) is 4.68. The van der Waals surface area contributed by atoms with Crippen LogP contribution in [0.15, 0.2) is 40.9 Å². The van der Waals surface area contributed by atoms with Gasteiger partial charge in [-0.05, 0) is 59.4 Å². The molecule has 0 saturated heterocycles. The van der Waals surface area contributed by atoms with Crippen LogP contribution in [0.25, 0.3) is 11.1 Å². The molecule has 0 heterocycles. The third-order valence-corrected chi connectivity index (χ3v) is 5.72. The van der Waals surface area contributed by atoms with E-state index in [2.05, 4.69) is 52.3 Å². The van der Waals surface area contributed by atoms with Crippen molar-refractivity contribution in [2.75, 3.05) is 0 Å². The number of benzene rings is 2. The number of halogens is 2. The highest BCUT2D eigenvalue weighted by Crippen LogP contribution is 2.56. The molecule has 0 nitrogen and oxygen atoms in total. The Morgan fingerprint density at radius 3 is 2.45 bits per heavy atom. The summed E-state index contributed by atoms with van der Waals surface area (Å²) < 4.78 is 1.18. The van der Waals surface area contributed by atoms with E-state index in [9.17, 15) is 0 Å². The topological polar surface area (TPSA) is 0 Å². The molecule has 0 radical (unpaired) electrons. The SMILES string of the molecule is Clc1ccc2c(c1)-c1ccc(Br)cc1C21CCCCC1. The molecule has 2 aliphatic rings. The van der Waals surface area contributed by atoms with Crippen LogP contribution in [0.4, 0.5) is 0 Å². The Morgan fingerprint density at radius 2 is 1.65 bits per heavy atom. The maximum absolute atomic E-state index is 6.24. The van der Waals surface area contributed by atoms with Gasteiger partial charge in [-0.3, -0.25) is 0 Å². The van der Waals surface area contributed by atoms with Crippen molar-refractivity contribution in [3.63, 3.8) is 0 Å². The van der Waals surface area contributed by atoms with Crippen LogP contribution >= 0.6 is 27.5 Å². The van der Waals surface area contributed by atoms with Gasteiger partial charge in [0, 0.05) is 14.9 Å². The maximum Gasteiger partial charge on any atom is 0.0412 e. The van der Waals surface area contributed by atoms with Crippen molar-refractivity contribution in [2.24, 2.45) is 0 Å². The predicted molar refractivity (Wildman–Crippen MR) is 88.5 cm³/mol. The molecule has 4 rings (SSSR count). The minimum Gasteiger partial charge on any atom is -0.0843 e. The molecule has 0 bridgehead atoms. The first-order valence-corrected chi connectivity index (χ1v) is 8.48. The fourth-order valence-electron chi connectivity index (χ4n) is 4.14. The quantitative estimate of drug-likeness (QED) is 0.522. The van der Waals surface area contributed by atoms with Crippen LogP contribution in [-0.4, -0.2) is 0 Å².